The number of amides is 2. The molecule has 35 heavy (non-hydrogen) atoms. The highest BCUT2D eigenvalue weighted by molar-refractivity contribution is 6.67. The number of carbonyl (C=O) groups is 5. The summed E-state index contributed by atoms with van der Waals surface area (Å²) >= 11 is 11.9. The Balaban J connectivity index is 1.80. The van der Waals surface area contributed by atoms with E-state index in [1.165, 1.54) is 18.2 Å². The van der Waals surface area contributed by atoms with Crippen LogP contribution in [0.2, 0.25) is 10.0 Å². The van der Waals surface area contributed by atoms with Gasteiger partial charge in [0.1, 0.15) is 5.60 Å². The number of methoxy groups -OCH3 is 1. The van der Waals surface area contributed by atoms with Crippen LogP contribution in [0.5, 0.6) is 0 Å². The number of hydrogen-bond donors (Lipinski definition) is 2. The molecule has 1 atom stereocenters. The Kier molecular flexibility index (Phi) is 7.98. The van der Waals surface area contributed by atoms with Crippen LogP contribution >= 0.6 is 23.2 Å². The summed E-state index contributed by atoms with van der Waals surface area (Å²) in [5, 5.41) is 5.44. The van der Waals surface area contributed by atoms with Gasteiger partial charge in [0.05, 0.1) is 37.1 Å². The van der Waals surface area contributed by atoms with E-state index in [1.807, 2.05) is 13.8 Å². The normalized spacial score (nSPS) is 24.2. The van der Waals surface area contributed by atoms with Crippen molar-refractivity contribution in [2.24, 2.45) is 5.92 Å². The average Bonchev–Trinajstić information content (AvgIpc) is 2.76. The number of hydrogen-bond acceptors (Lipinski definition) is 9. The van der Waals surface area contributed by atoms with Gasteiger partial charge in [-0.15, -0.1) is 0 Å². The Hall–Kier alpha value is -2.83. The first kappa shape index (κ1) is 26.8. The molecule has 1 aromatic rings. The van der Waals surface area contributed by atoms with Crippen LogP contribution in [-0.2, 0) is 37.9 Å². The van der Waals surface area contributed by atoms with Crippen LogP contribution in [0.4, 0.5) is 0 Å². The molecule has 2 aliphatic heterocycles. The van der Waals surface area contributed by atoms with E-state index in [0.717, 1.165) is 7.11 Å². The van der Waals surface area contributed by atoms with Crippen molar-refractivity contribution >= 4 is 59.7 Å². The summed E-state index contributed by atoms with van der Waals surface area (Å²) in [6.45, 7) is -0.102. The summed E-state index contributed by atoms with van der Waals surface area (Å²) in [4.78, 5) is 62.5. The fraction of sp³-hybridized carbons (Fsp3) is 0.476. The molecule has 190 valence electrons. The number of ether oxygens (including phenoxy) is 1. The van der Waals surface area contributed by atoms with Crippen molar-refractivity contribution in [2.45, 2.75) is 44.7 Å². The largest absolute Gasteiger partial charge is 0.632 e. The summed E-state index contributed by atoms with van der Waals surface area (Å²) < 4.78 is 21.3. The minimum Gasteiger partial charge on any atom is -0.632 e. The van der Waals surface area contributed by atoms with Gasteiger partial charge in [-0.3, -0.25) is 19.2 Å². The minimum absolute atomic E-state index is 0.0714. The van der Waals surface area contributed by atoms with Crippen LogP contribution in [0.3, 0.4) is 0 Å². The van der Waals surface area contributed by atoms with Crippen LogP contribution in [0.1, 0.15) is 43.5 Å². The second kappa shape index (κ2) is 10.4. The number of benzene rings is 1. The Morgan fingerprint density at radius 3 is 2.34 bits per heavy atom. The number of halogens is 2. The molecule has 2 saturated heterocycles. The van der Waals surface area contributed by atoms with Crippen LogP contribution in [0.25, 0.3) is 0 Å². The molecular weight excluding hydrogens is 506 g/mol. The first-order chi connectivity index (χ1) is 16.4. The lowest BCUT2D eigenvalue weighted by Crippen LogP contribution is -2.75. The molecule has 2 heterocycles. The lowest BCUT2D eigenvalue weighted by atomic mass is 9.61. The van der Waals surface area contributed by atoms with Gasteiger partial charge in [0.2, 0.25) is 5.91 Å². The number of carbonyl (C=O) groups excluding carboxylic acids is 5. The van der Waals surface area contributed by atoms with Gasteiger partial charge in [-0.1, -0.05) is 43.5 Å². The Morgan fingerprint density at radius 2 is 1.77 bits per heavy atom. The van der Waals surface area contributed by atoms with Gasteiger partial charge in [-0.05, 0) is 24.1 Å². The molecule has 3 rings (SSSR count). The molecule has 14 heteroatoms. The summed E-state index contributed by atoms with van der Waals surface area (Å²) in [6.07, 6.45) is -0.939. The lowest BCUT2D eigenvalue weighted by Gasteiger charge is -2.57. The molecule has 1 aromatic carbocycles. The summed E-state index contributed by atoms with van der Waals surface area (Å²) in [5.74, 6) is -5.21. The van der Waals surface area contributed by atoms with Crippen LogP contribution < -0.4 is 10.6 Å². The Morgan fingerprint density at radius 1 is 1.14 bits per heavy atom. The zero-order chi connectivity index (χ0) is 26.0. The summed E-state index contributed by atoms with van der Waals surface area (Å²) in [7, 11) is 1.09. The van der Waals surface area contributed by atoms with Crippen molar-refractivity contribution in [1.29, 1.82) is 0 Å². The molecule has 2 amide bonds. The maximum Gasteiger partial charge on any atom is 0.518 e. The highest BCUT2D eigenvalue weighted by Gasteiger charge is 2.62. The van der Waals surface area contributed by atoms with Gasteiger partial charge in [-0.25, -0.2) is 4.79 Å². The van der Waals surface area contributed by atoms with E-state index in [0.29, 0.717) is 0 Å². The number of nitrogens with one attached hydrogen (secondary N) is 2. The van der Waals surface area contributed by atoms with Crippen LogP contribution in [0, 0.1) is 5.92 Å². The molecule has 1 unspecified atom stereocenters. The van der Waals surface area contributed by atoms with E-state index in [9.17, 15) is 24.0 Å². The summed E-state index contributed by atoms with van der Waals surface area (Å²) in [6, 6.07) is 4.31. The van der Waals surface area contributed by atoms with Gasteiger partial charge < -0.3 is 29.3 Å². The summed E-state index contributed by atoms with van der Waals surface area (Å²) in [5.41, 5.74) is -1.85. The molecular formula is C21H24BCl2N2O9-. The first-order valence-electron chi connectivity index (χ1n) is 10.8. The third kappa shape index (κ3) is 5.88. The first-order valence-corrected chi connectivity index (χ1v) is 11.5. The zero-order valence-corrected chi connectivity index (χ0v) is 20.7. The third-order valence-corrected chi connectivity index (χ3v) is 6.11. The van der Waals surface area contributed by atoms with E-state index in [2.05, 4.69) is 10.6 Å². The monoisotopic (exact) mass is 529 g/mol. The number of esters is 1. The SMILES string of the molecule is COC(=O)C12CC(=O)O[B-](C(CC(C)C)NC(=O)CNC(=O)c3cc(Cl)ccc3Cl)(OC(=O)C1)O2. The smallest absolute Gasteiger partial charge is 0.518 e. The van der Waals surface area contributed by atoms with Crippen molar-refractivity contribution in [3.8, 4) is 0 Å². The van der Waals surface area contributed by atoms with Gasteiger partial charge in [0, 0.05) is 11.0 Å². The number of fused-ring (bicyclic) bond motifs is 2. The molecule has 2 aliphatic rings. The van der Waals surface area contributed by atoms with Gasteiger partial charge in [-0.2, -0.15) is 0 Å². The third-order valence-electron chi connectivity index (χ3n) is 5.55. The predicted octanol–water partition coefficient (Wildman–Crippen LogP) is 1.55. The van der Waals surface area contributed by atoms with E-state index in [-0.39, 0.29) is 27.9 Å². The topological polar surface area (TPSA) is 146 Å². The van der Waals surface area contributed by atoms with E-state index >= 15 is 0 Å². The maximum atomic E-state index is 12.8. The molecule has 0 spiro atoms. The molecule has 2 fully saturated rings. The van der Waals surface area contributed by atoms with E-state index in [1.54, 1.807) is 0 Å². The van der Waals surface area contributed by atoms with E-state index < -0.39 is 67.4 Å². The molecule has 2 N–H and O–H groups in total. The minimum atomic E-state index is -3.24. The fourth-order valence-corrected chi connectivity index (χ4v) is 4.47. The predicted molar refractivity (Wildman–Crippen MR) is 123 cm³/mol. The fourth-order valence-electron chi connectivity index (χ4n) is 4.09. The average molecular weight is 530 g/mol. The second-order valence-corrected chi connectivity index (χ2v) is 9.59. The Bertz CT molecular complexity index is 1050. The molecule has 0 saturated carbocycles. The molecule has 0 aromatic heterocycles. The molecule has 0 radical (unpaired) electrons. The van der Waals surface area contributed by atoms with E-state index in [4.69, 9.17) is 41.9 Å². The highest BCUT2D eigenvalue weighted by atomic mass is 35.5. The highest BCUT2D eigenvalue weighted by Crippen LogP contribution is 2.40. The second-order valence-electron chi connectivity index (χ2n) is 8.74. The Labute approximate surface area is 211 Å². The quantitative estimate of drug-likeness (QED) is 0.378. The van der Waals surface area contributed by atoms with Crippen LogP contribution in [0.15, 0.2) is 18.2 Å². The van der Waals surface area contributed by atoms with Crippen molar-refractivity contribution in [2.75, 3.05) is 13.7 Å². The van der Waals surface area contributed by atoms with Crippen molar-refractivity contribution in [3.05, 3.63) is 33.8 Å². The lowest BCUT2D eigenvalue weighted by molar-refractivity contribution is -0.196. The van der Waals surface area contributed by atoms with Crippen molar-refractivity contribution in [3.63, 3.8) is 0 Å². The van der Waals surface area contributed by atoms with Crippen molar-refractivity contribution in [1.82, 2.24) is 10.6 Å². The molecule has 2 bridgehead atoms. The van der Waals surface area contributed by atoms with Gasteiger partial charge in [0.15, 0.2) is 0 Å². The molecule has 11 nitrogen and oxygen atoms in total. The number of rotatable bonds is 8. The molecule has 0 aliphatic carbocycles. The standard InChI is InChI=1S/C21H24BCl2N2O9/c1-11(2)6-15(26-16(27)10-25-19(30)13-7-12(23)4-5-14(13)24)22-33-17(28)8-21(35-22,20(31)32-3)9-18(29)34-22/h4-5,7,11,15H,6,8-10H2,1-3H3,(H,25,30)(H,26,27)/q-1. The van der Waals surface area contributed by atoms with Crippen molar-refractivity contribution < 1.29 is 42.7 Å². The van der Waals surface area contributed by atoms with Gasteiger partial charge >= 0.3 is 12.7 Å². The van der Waals surface area contributed by atoms with Crippen LogP contribution in [-0.4, -0.2) is 61.7 Å². The van der Waals surface area contributed by atoms with Gasteiger partial charge in [0.25, 0.3) is 17.8 Å². The zero-order valence-electron chi connectivity index (χ0n) is 19.2. The maximum absolute atomic E-state index is 12.8.